The maximum absolute atomic E-state index is 12.6. The monoisotopic (exact) mass is 363 g/mol. The molecule has 9 heteroatoms. The van der Waals surface area contributed by atoms with E-state index in [0.29, 0.717) is 12.2 Å². The Bertz CT molecular complexity index is 721. The average molecular weight is 364 g/mol. The molecule has 0 spiro atoms. The second-order valence-electron chi connectivity index (χ2n) is 6.26. The zero-order chi connectivity index (χ0) is 16.4. The van der Waals surface area contributed by atoms with Crippen molar-refractivity contribution in [3.63, 3.8) is 0 Å². The van der Waals surface area contributed by atoms with Gasteiger partial charge in [0, 0.05) is 62.3 Å². The Labute approximate surface area is 152 Å². The number of nitrogens with one attached hydrogen (secondary N) is 3. The number of halogens is 1. The lowest BCUT2D eigenvalue weighted by atomic mass is 10.0. The molecule has 4 rings (SSSR count). The van der Waals surface area contributed by atoms with E-state index in [2.05, 4.69) is 35.7 Å². The van der Waals surface area contributed by atoms with Gasteiger partial charge in [0.2, 0.25) is 5.95 Å². The van der Waals surface area contributed by atoms with Crippen LogP contribution in [0.4, 0.5) is 5.95 Å². The molecule has 25 heavy (non-hydrogen) atoms. The van der Waals surface area contributed by atoms with Gasteiger partial charge in [0.05, 0.1) is 0 Å². The predicted octanol–water partition coefficient (Wildman–Crippen LogP) is 0.666. The highest BCUT2D eigenvalue weighted by Crippen LogP contribution is 2.18. The van der Waals surface area contributed by atoms with Crippen LogP contribution in [0, 0.1) is 0 Å². The quantitative estimate of drug-likeness (QED) is 0.741. The topological polar surface area (TPSA) is 98.8 Å². The van der Waals surface area contributed by atoms with Crippen LogP contribution < -0.4 is 15.5 Å². The number of nitrogens with zero attached hydrogens (tertiary/aromatic N) is 4. The molecule has 2 aromatic heterocycles. The molecule has 2 aliphatic rings. The van der Waals surface area contributed by atoms with Crippen LogP contribution in [0.15, 0.2) is 18.5 Å². The standard InChI is InChI=1S/C16H21N7O.ClH/c24-15(14-12-9-17-7-4-13(12)21-22-14)20-11-3-1-8-23(10-11)16-18-5-2-6-19-16;/h2,5-6,11,17H,1,3-4,7-10H2,(H,20,24)(H,21,22);1H. The van der Waals surface area contributed by atoms with Crippen LogP contribution in [0.1, 0.15) is 34.6 Å². The van der Waals surface area contributed by atoms with Crippen molar-refractivity contribution < 1.29 is 4.79 Å². The van der Waals surface area contributed by atoms with Crippen LogP contribution >= 0.6 is 12.4 Å². The molecule has 3 N–H and O–H groups in total. The summed E-state index contributed by atoms with van der Waals surface area (Å²) in [5.41, 5.74) is 2.59. The number of aromatic nitrogens is 4. The molecule has 0 radical (unpaired) electrons. The summed E-state index contributed by atoms with van der Waals surface area (Å²) in [6.07, 6.45) is 6.34. The summed E-state index contributed by atoms with van der Waals surface area (Å²) in [6, 6.07) is 1.89. The third-order valence-corrected chi connectivity index (χ3v) is 4.61. The van der Waals surface area contributed by atoms with Crippen molar-refractivity contribution in [2.75, 3.05) is 24.5 Å². The molecule has 4 heterocycles. The Morgan fingerprint density at radius 1 is 1.32 bits per heavy atom. The van der Waals surface area contributed by atoms with E-state index >= 15 is 0 Å². The van der Waals surface area contributed by atoms with E-state index in [4.69, 9.17) is 0 Å². The van der Waals surface area contributed by atoms with Gasteiger partial charge < -0.3 is 15.5 Å². The third-order valence-electron chi connectivity index (χ3n) is 4.61. The number of carbonyl (C=O) groups is 1. The molecule has 0 bridgehead atoms. The lowest BCUT2D eigenvalue weighted by Gasteiger charge is -2.33. The first-order valence-corrected chi connectivity index (χ1v) is 8.41. The molecule has 0 saturated carbocycles. The van der Waals surface area contributed by atoms with Crippen molar-refractivity contribution in [2.24, 2.45) is 0 Å². The molecule has 0 aromatic carbocycles. The molecule has 1 saturated heterocycles. The number of fused-ring (bicyclic) bond motifs is 1. The number of piperidine rings is 1. The minimum absolute atomic E-state index is 0. The van der Waals surface area contributed by atoms with Crippen molar-refractivity contribution in [2.45, 2.75) is 31.8 Å². The Morgan fingerprint density at radius 2 is 2.16 bits per heavy atom. The fourth-order valence-electron chi connectivity index (χ4n) is 3.40. The summed E-state index contributed by atoms with van der Waals surface area (Å²) in [5, 5.41) is 13.6. The van der Waals surface area contributed by atoms with Gasteiger partial charge in [-0.3, -0.25) is 9.89 Å². The van der Waals surface area contributed by atoms with Crippen LogP contribution in [-0.4, -0.2) is 51.7 Å². The van der Waals surface area contributed by atoms with Crippen LogP contribution in [0.25, 0.3) is 0 Å². The van der Waals surface area contributed by atoms with E-state index in [0.717, 1.165) is 56.1 Å². The van der Waals surface area contributed by atoms with Gasteiger partial charge in [-0.25, -0.2) is 9.97 Å². The maximum atomic E-state index is 12.6. The number of H-pyrrole nitrogens is 1. The van der Waals surface area contributed by atoms with Crippen molar-refractivity contribution >= 4 is 24.3 Å². The van der Waals surface area contributed by atoms with Crippen molar-refractivity contribution in [1.29, 1.82) is 0 Å². The molecule has 0 aliphatic carbocycles. The average Bonchev–Trinajstić information content (AvgIpc) is 3.07. The summed E-state index contributed by atoms with van der Waals surface area (Å²) in [4.78, 5) is 23.3. The van der Waals surface area contributed by atoms with Crippen molar-refractivity contribution in [3.05, 3.63) is 35.4 Å². The Morgan fingerprint density at radius 3 is 3.00 bits per heavy atom. The number of carbonyl (C=O) groups excluding carboxylic acids is 1. The van der Waals surface area contributed by atoms with E-state index in [-0.39, 0.29) is 24.4 Å². The van der Waals surface area contributed by atoms with Crippen molar-refractivity contribution in [3.8, 4) is 0 Å². The highest BCUT2D eigenvalue weighted by atomic mass is 35.5. The molecule has 1 unspecified atom stereocenters. The first-order chi connectivity index (χ1) is 11.8. The van der Waals surface area contributed by atoms with Crippen molar-refractivity contribution in [1.82, 2.24) is 30.8 Å². The normalized spacial score (nSPS) is 19.7. The first kappa shape index (κ1) is 17.6. The van der Waals surface area contributed by atoms with Gasteiger partial charge in [-0.15, -0.1) is 12.4 Å². The second kappa shape index (κ2) is 7.79. The smallest absolute Gasteiger partial charge is 0.272 e. The Kier molecular flexibility index (Phi) is 5.50. The van der Waals surface area contributed by atoms with Gasteiger partial charge in [-0.1, -0.05) is 0 Å². The Balaban J connectivity index is 0.00000182. The van der Waals surface area contributed by atoms with Gasteiger partial charge in [0.1, 0.15) is 0 Å². The lowest BCUT2D eigenvalue weighted by molar-refractivity contribution is 0.0926. The van der Waals surface area contributed by atoms with Crippen LogP contribution in [0.3, 0.4) is 0 Å². The minimum atomic E-state index is -0.1000. The summed E-state index contributed by atoms with van der Waals surface area (Å²) in [5.74, 6) is 0.620. The number of aromatic amines is 1. The zero-order valence-electron chi connectivity index (χ0n) is 13.9. The van der Waals surface area contributed by atoms with Gasteiger partial charge >= 0.3 is 0 Å². The number of rotatable bonds is 3. The van der Waals surface area contributed by atoms with E-state index in [1.165, 1.54) is 0 Å². The van der Waals surface area contributed by atoms with Gasteiger partial charge in [-0.05, 0) is 18.9 Å². The molecule has 1 amide bonds. The number of hydrogen-bond acceptors (Lipinski definition) is 6. The molecule has 134 valence electrons. The number of amides is 1. The highest BCUT2D eigenvalue weighted by Gasteiger charge is 2.26. The van der Waals surface area contributed by atoms with Crippen LogP contribution in [0.5, 0.6) is 0 Å². The van der Waals surface area contributed by atoms with Crippen LogP contribution in [-0.2, 0) is 13.0 Å². The molecule has 2 aliphatic heterocycles. The minimum Gasteiger partial charge on any atom is -0.346 e. The largest absolute Gasteiger partial charge is 0.346 e. The fraction of sp³-hybridized carbons (Fsp3) is 0.500. The van der Waals surface area contributed by atoms with Gasteiger partial charge in [0.15, 0.2) is 5.69 Å². The number of anilines is 1. The predicted molar refractivity (Wildman–Crippen MR) is 96.0 cm³/mol. The maximum Gasteiger partial charge on any atom is 0.272 e. The summed E-state index contributed by atoms with van der Waals surface area (Å²) in [6.45, 7) is 3.26. The molecular weight excluding hydrogens is 342 g/mol. The van der Waals surface area contributed by atoms with Gasteiger partial charge in [0.25, 0.3) is 5.91 Å². The first-order valence-electron chi connectivity index (χ1n) is 8.41. The molecular formula is C16H22ClN7O. The van der Waals surface area contributed by atoms with E-state index in [9.17, 15) is 4.79 Å². The molecule has 2 aromatic rings. The van der Waals surface area contributed by atoms with Gasteiger partial charge in [-0.2, -0.15) is 5.10 Å². The fourth-order valence-corrected chi connectivity index (χ4v) is 3.40. The molecule has 1 fully saturated rings. The van der Waals surface area contributed by atoms with E-state index in [1.54, 1.807) is 12.4 Å². The Hall–Kier alpha value is -2.19. The van der Waals surface area contributed by atoms with Crippen LogP contribution in [0.2, 0.25) is 0 Å². The summed E-state index contributed by atoms with van der Waals surface area (Å²) in [7, 11) is 0. The van der Waals surface area contributed by atoms with E-state index < -0.39 is 0 Å². The third kappa shape index (κ3) is 3.74. The molecule has 1 atom stereocenters. The zero-order valence-corrected chi connectivity index (χ0v) is 14.7. The SMILES string of the molecule is Cl.O=C(NC1CCCN(c2ncccn2)C1)c1n[nH]c2c1CNCC2. The molecule has 8 nitrogen and oxygen atoms in total. The second-order valence-corrected chi connectivity index (χ2v) is 6.26. The van der Waals surface area contributed by atoms with E-state index in [1.807, 2.05) is 6.07 Å². The highest BCUT2D eigenvalue weighted by molar-refractivity contribution is 5.94. The lowest BCUT2D eigenvalue weighted by Crippen LogP contribution is -2.48. The summed E-state index contributed by atoms with van der Waals surface area (Å²) >= 11 is 0. The summed E-state index contributed by atoms with van der Waals surface area (Å²) < 4.78 is 0. The number of hydrogen-bond donors (Lipinski definition) is 3.